The molecule has 1 aliphatic heterocycles. The van der Waals surface area contributed by atoms with E-state index < -0.39 is 15.8 Å². The van der Waals surface area contributed by atoms with Crippen LogP contribution in [0.1, 0.15) is 22.0 Å². The van der Waals surface area contributed by atoms with Crippen LogP contribution in [-0.2, 0) is 30.0 Å². The van der Waals surface area contributed by atoms with Crippen LogP contribution < -0.4 is 10.5 Å². The highest BCUT2D eigenvalue weighted by Crippen LogP contribution is 2.30. The zero-order valence-corrected chi connectivity index (χ0v) is 19.2. The first-order valence-corrected chi connectivity index (χ1v) is 12.7. The van der Waals surface area contributed by atoms with Crippen molar-refractivity contribution in [1.82, 2.24) is 14.2 Å². The Hall–Kier alpha value is -2.72. The van der Waals surface area contributed by atoms with Crippen molar-refractivity contribution in [2.45, 2.75) is 23.9 Å². The summed E-state index contributed by atoms with van der Waals surface area (Å²) in [7, 11) is -2.21. The molecule has 0 saturated heterocycles. The predicted octanol–water partition coefficient (Wildman–Crippen LogP) is 3.27. The van der Waals surface area contributed by atoms with Gasteiger partial charge in [0.1, 0.15) is 0 Å². The Morgan fingerprint density at radius 1 is 1.16 bits per heavy atom. The van der Waals surface area contributed by atoms with Crippen molar-refractivity contribution in [1.29, 1.82) is 0 Å². The number of hydrogen-bond donors (Lipinski definition) is 1. The molecule has 0 amide bonds. The lowest BCUT2D eigenvalue weighted by molar-refractivity contribution is 0.182. The van der Waals surface area contributed by atoms with E-state index in [1.54, 1.807) is 24.5 Å². The molecular formula is C23H23N3O4S2. The minimum Gasteiger partial charge on any atom is -0.408 e. The summed E-state index contributed by atoms with van der Waals surface area (Å²) in [5, 5.41) is 2.12. The molecule has 4 aromatic rings. The summed E-state index contributed by atoms with van der Waals surface area (Å²) in [4.78, 5) is 15.5. The molecule has 166 valence electrons. The van der Waals surface area contributed by atoms with Crippen LogP contribution in [0.5, 0.6) is 0 Å². The number of sulfonamides is 1. The Kier molecular flexibility index (Phi) is 5.50. The average Bonchev–Trinajstić information content (AvgIpc) is 3.38. The van der Waals surface area contributed by atoms with E-state index >= 15 is 0 Å². The van der Waals surface area contributed by atoms with Crippen LogP contribution in [0.3, 0.4) is 0 Å². The molecule has 0 radical (unpaired) electrons. The molecule has 32 heavy (non-hydrogen) atoms. The van der Waals surface area contributed by atoms with Crippen molar-refractivity contribution in [3.05, 3.63) is 86.5 Å². The third-order valence-corrected chi connectivity index (χ3v) is 8.45. The standard InChI is InChI=1S/C23H23N3O4S2/c1-25-19-8-7-18(13-21(19)30-23(25)27)32(28,29)24-14-20(16-5-3-2-4-6-16)26-11-9-22-17(15-26)10-12-31-22/h2-8,10,12-13,20,24H,9,11,14-15H2,1H3. The number of oxazole rings is 1. The van der Waals surface area contributed by atoms with Crippen molar-refractivity contribution < 1.29 is 12.8 Å². The Morgan fingerprint density at radius 3 is 2.78 bits per heavy atom. The van der Waals surface area contributed by atoms with E-state index in [4.69, 9.17) is 4.42 Å². The Balaban J connectivity index is 1.41. The lowest BCUT2D eigenvalue weighted by Crippen LogP contribution is -2.40. The highest BCUT2D eigenvalue weighted by Gasteiger charge is 2.27. The van der Waals surface area contributed by atoms with Crippen molar-refractivity contribution in [2.24, 2.45) is 7.05 Å². The molecule has 1 aliphatic rings. The number of nitrogens with zero attached hydrogens (tertiary/aromatic N) is 2. The van der Waals surface area contributed by atoms with Gasteiger partial charge in [0.15, 0.2) is 5.58 Å². The van der Waals surface area contributed by atoms with Crippen LogP contribution in [0.25, 0.3) is 11.1 Å². The van der Waals surface area contributed by atoms with Crippen LogP contribution >= 0.6 is 11.3 Å². The molecule has 2 aromatic carbocycles. The smallest absolute Gasteiger partial charge is 0.408 e. The number of aromatic nitrogens is 1. The predicted molar refractivity (Wildman–Crippen MR) is 124 cm³/mol. The van der Waals surface area contributed by atoms with Gasteiger partial charge in [-0.1, -0.05) is 30.3 Å². The number of thiophene rings is 1. The minimum atomic E-state index is -3.79. The molecule has 0 spiro atoms. The Bertz CT molecular complexity index is 1420. The molecule has 9 heteroatoms. The summed E-state index contributed by atoms with van der Waals surface area (Å²) in [5.41, 5.74) is 3.19. The van der Waals surface area contributed by atoms with Crippen molar-refractivity contribution in [2.75, 3.05) is 13.1 Å². The zero-order valence-electron chi connectivity index (χ0n) is 17.5. The molecule has 0 bridgehead atoms. The number of hydrogen-bond acceptors (Lipinski definition) is 6. The molecule has 2 aromatic heterocycles. The van der Waals surface area contributed by atoms with Gasteiger partial charge in [0.25, 0.3) is 0 Å². The number of fused-ring (bicyclic) bond motifs is 2. The maximum Gasteiger partial charge on any atom is 0.419 e. The van der Waals surface area contributed by atoms with Gasteiger partial charge in [-0.15, -0.1) is 11.3 Å². The van der Waals surface area contributed by atoms with Crippen LogP contribution in [0, 0.1) is 0 Å². The number of rotatable bonds is 6. The minimum absolute atomic E-state index is 0.0740. The van der Waals surface area contributed by atoms with Crippen molar-refractivity contribution in [3.8, 4) is 0 Å². The normalized spacial score (nSPS) is 15.7. The average molecular weight is 470 g/mol. The molecule has 3 heterocycles. The van der Waals surface area contributed by atoms with E-state index in [1.807, 2.05) is 30.3 Å². The van der Waals surface area contributed by atoms with Crippen molar-refractivity contribution in [3.63, 3.8) is 0 Å². The summed E-state index contributed by atoms with van der Waals surface area (Å²) < 4.78 is 35.5. The van der Waals surface area contributed by atoms with Gasteiger partial charge < -0.3 is 4.42 Å². The third-order valence-electron chi connectivity index (χ3n) is 6.00. The second-order valence-electron chi connectivity index (χ2n) is 7.92. The monoisotopic (exact) mass is 469 g/mol. The van der Waals surface area contributed by atoms with E-state index in [0.717, 1.165) is 25.1 Å². The Labute approximate surface area is 190 Å². The van der Waals surface area contributed by atoms with E-state index in [1.165, 1.54) is 27.1 Å². The number of nitrogens with one attached hydrogen (secondary N) is 1. The van der Waals surface area contributed by atoms with Crippen LogP contribution in [0.4, 0.5) is 0 Å². The number of benzene rings is 2. The van der Waals surface area contributed by atoms with Crippen LogP contribution in [0.15, 0.2) is 74.1 Å². The van der Waals surface area contributed by atoms with Crippen LogP contribution in [0.2, 0.25) is 0 Å². The third kappa shape index (κ3) is 3.93. The molecular weight excluding hydrogens is 446 g/mol. The molecule has 1 atom stereocenters. The SMILES string of the molecule is Cn1c(=O)oc2cc(S(=O)(=O)NCC(c3ccccc3)N3CCc4sccc4C3)ccc21. The zero-order chi connectivity index (χ0) is 22.3. The van der Waals surface area contributed by atoms with Gasteiger partial charge in [-0.25, -0.2) is 17.9 Å². The quantitative estimate of drug-likeness (QED) is 0.469. The summed E-state index contributed by atoms with van der Waals surface area (Å²) in [6, 6.07) is 16.5. The molecule has 0 saturated carbocycles. The van der Waals surface area contributed by atoms with Gasteiger partial charge in [0.2, 0.25) is 10.0 Å². The maximum absolute atomic E-state index is 13.1. The molecule has 0 aliphatic carbocycles. The molecule has 5 rings (SSSR count). The first-order valence-electron chi connectivity index (χ1n) is 10.4. The van der Waals surface area contributed by atoms with E-state index in [-0.39, 0.29) is 23.1 Å². The van der Waals surface area contributed by atoms with E-state index in [0.29, 0.717) is 5.52 Å². The summed E-state index contributed by atoms with van der Waals surface area (Å²) in [6.07, 6.45) is 0.965. The highest BCUT2D eigenvalue weighted by molar-refractivity contribution is 7.89. The van der Waals surface area contributed by atoms with Crippen molar-refractivity contribution >= 4 is 32.5 Å². The van der Waals surface area contributed by atoms with Gasteiger partial charge in [-0.2, -0.15) is 0 Å². The fourth-order valence-electron chi connectivity index (χ4n) is 4.22. The second kappa shape index (κ2) is 8.32. The van der Waals surface area contributed by atoms with E-state index in [9.17, 15) is 13.2 Å². The first kappa shape index (κ1) is 21.1. The summed E-state index contributed by atoms with van der Waals surface area (Å²) in [5.74, 6) is -0.524. The summed E-state index contributed by atoms with van der Waals surface area (Å²) in [6.45, 7) is 1.90. The first-order chi connectivity index (χ1) is 15.4. The van der Waals surface area contributed by atoms with Gasteiger partial charge in [0, 0.05) is 43.7 Å². The summed E-state index contributed by atoms with van der Waals surface area (Å²) >= 11 is 1.78. The largest absolute Gasteiger partial charge is 0.419 e. The second-order valence-corrected chi connectivity index (χ2v) is 10.7. The van der Waals surface area contributed by atoms with Gasteiger partial charge >= 0.3 is 5.76 Å². The lowest BCUT2D eigenvalue weighted by Gasteiger charge is -2.35. The van der Waals surface area contributed by atoms with Gasteiger partial charge in [-0.3, -0.25) is 9.47 Å². The molecule has 1 N–H and O–H groups in total. The lowest BCUT2D eigenvalue weighted by atomic mass is 10.0. The Morgan fingerprint density at radius 2 is 1.97 bits per heavy atom. The van der Waals surface area contributed by atoms with Gasteiger partial charge in [-0.05, 0) is 41.1 Å². The number of aryl methyl sites for hydroxylation is 1. The fraction of sp³-hybridized carbons (Fsp3) is 0.261. The highest BCUT2D eigenvalue weighted by atomic mass is 32.2. The van der Waals surface area contributed by atoms with Gasteiger partial charge in [0.05, 0.1) is 10.4 Å². The topological polar surface area (TPSA) is 84.5 Å². The molecule has 0 fully saturated rings. The van der Waals surface area contributed by atoms with E-state index in [2.05, 4.69) is 21.1 Å². The fourth-order valence-corrected chi connectivity index (χ4v) is 6.17. The molecule has 7 nitrogen and oxygen atoms in total. The molecule has 1 unspecified atom stereocenters. The van der Waals surface area contributed by atoms with Crippen LogP contribution in [-0.4, -0.2) is 31.0 Å². The maximum atomic E-state index is 13.1.